The molecule has 16 heavy (non-hydrogen) atoms. The number of nitrogen functional groups attached to an aromatic ring is 1. The van der Waals surface area contributed by atoms with Crippen LogP contribution in [0.2, 0.25) is 0 Å². The van der Waals surface area contributed by atoms with Crippen LogP contribution in [0.5, 0.6) is 0 Å². The molecule has 4 nitrogen and oxygen atoms in total. The van der Waals surface area contributed by atoms with Gasteiger partial charge in [0, 0.05) is 6.61 Å². The standard InChI is InChI=1S/C12H18N2O2/c1-9(2)7-16-8-12(15)14-11-6-4-3-5-10(11)13/h3-6,9H,7-8,13H2,1-2H3,(H,14,15). The summed E-state index contributed by atoms with van der Waals surface area (Å²) in [4.78, 5) is 11.5. The van der Waals surface area contributed by atoms with Gasteiger partial charge in [-0.05, 0) is 18.1 Å². The van der Waals surface area contributed by atoms with Crippen molar-refractivity contribution in [2.24, 2.45) is 5.92 Å². The maximum Gasteiger partial charge on any atom is 0.250 e. The lowest BCUT2D eigenvalue weighted by Crippen LogP contribution is -2.20. The molecule has 0 aliphatic heterocycles. The number of rotatable bonds is 5. The summed E-state index contributed by atoms with van der Waals surface area (Å²) in [5, 5.41) is 2.69. The van der Waals surface area contributed by atoms with Gasteiger partial charge < -0.3 is 15.8 Å². The number of hydrogen-bond acceptors (Lipinski definition) is 3. The normalized spacial score (nSPS) is 10.4. The number of benzene rings is 1. The Hall–Kier alpha value is -1.55. The molecule has 1 amide bonds. The van der Waals surface area contributed by atoms with Gasteiger partial charge in [-0.3, -0.25) is 4.79 Å². The van der Waals surface area contributed by atoms with Crippen molar-refractivity contribution in [1.82, 2.24) is 0 Å². The number of nitrogens with two attached hydrogens (primary N) is 1. The molecule has 3 N–H and O–H groups in total. The molecule has 0 bridgehead atoms. The van der Waals surface area contributed by atoms with E-state index in [1.807, 2.05) is 26.0 Å². The molecule has 4 heteroatoms. The van der Waals surface area contributed by atoms with Crippen molar-refractivity contribution in [3.05, 3.63) is 24.3 Å². The van der Waals surface area contributed by atoms with Crippen LogP contribution in [0, 0.1) is 5.92 Å². The summed E-state index contributed by atoms with van der Waals surface area (Å²) in [6, 6.07) is 7.14. The molecule has 0 saturated carbocycles. The van der Waals surface area contributed by atoms with Gasteiger partial charge in [0.15, 0.2) is 0 Å². The monoisotopic (exact) mass is 222 g/mol. The van der Waals surface area contributed by atoms with Gasteiger partial charge in [0.05, 0.1) is 11.4 Å². The molecule has 1 rings (SSSR count). The van der Waals surface area contributed by atoms with Crippen LogP contribution in [0.25, 0.3) is 0 Å². The van der Waals surface area contributed by atoms with Gasteiger partial charge in [-0.25, -0.2) is 0 Å². The van der Waals surface area contributed by atoms with Crippen LogP contribution in [0.1, 0.15) is 13.8 Å². The van der Waals surface area contributed by atoms with Crippen LogP contribution < -0.4 is 11.1 Å². The molecule has 0 fully saturated rings. The molecular formula is C12H18N2O2. The quantitative estimate of drug-likeness (QED) is 0.748. The Labute approximate surface area is 95.8 Å². The van der Waals surface area contributed by atoms with E-state index in [9.17, 15) is 4.79 Å². The average molecular weight is 222 g/mol. The van der Waals surface area contributed by atoms with E-state index in [0.29, 0.717) is 23.9 Å². The van der Waals surface area contributed by atoms with Gasteiger partial charge in [-0.1, -0.05) is 26.0 Å². The zero-order valence-electron chi connectivity index (χ0n) is 9.69. The van der Waals surface area contributed by atoms with E-state index in [-0.39, 0.29) is 12.5 Å². The van der Waals surface area contributed by atoms with Crippen molar-refractivity contribution in [3.8, 4) is 0 Å². The minimum atomic E-state index is -0.182. The third-order valence-electron chi connectivity index (χ3n) is 1.92. The summed E-state index contributed by atoms with van der Waals surface area (Å²) in [6.07, 6.45) is 0. The number of carbonyl (C=O) groups excluding carboxylic acids is 1. The summed E-state index contributed by atoms with van der Waals surface area (Å²) in [5.74, 6) is 0.244. The molecule has 0 aliphatic carbocycles. The first kappa shape index (κ1) is 12.5. The summed E-state index contributed by atoms with van der Waals surface area (Å²) < 4.78 is 5.22. The fraction of sp³-hybridized carbons (Fsp3) is 0.417. The van der Waals surface area contributed by atoms with E-state index in [1.165, 1.54) is 0 Å². The van der Waals surface area contributed by atoms with Gasteiger partial charge >= 0.3 is 0 Å². The number of para-hydroxylation sites is 2. The maximum absolute atomic E-state index is 11.5. The predicted octanol–water partition coefficient (Wildman–Crippen LogP) is 1.88. The molecule has 88 valence electrons. The number of anilines is 2. The number of ether oxygens (including phenoxy) is 1. The van der Waals surface area contributed by atoms with Crippen LogP contribution in [0.15, 0.2) is 24.3 Å². The number of amides is 1. The Bertz CT molecular complexity index is 351. The Morgan fingerprint density at radius 2 is 2.12 bits per heavy atom. The lowest BCUT2D eigenvalue weighted by Gasteiger charge is -2.09. The van der Waals surface area contributed by atoms with E-state index in [2.05, 4.69) is 5.32 Å². The van der Waals surface area contributed by atoms with Gasteiger partial charge in [0.25, 0.3) is 0 Å². The van der Waals surface area contributed by atoms with Crippen LogP contribution >= 0.6 is 0 Å². The van der Waals surface area contributed by atoms with Gasteiger partial charge in [-0.15, -0.1) is 0 Å². The van der Waals surface area contributed by atoms with Gasteiger partial charge in [0.2, 0.25) is 5.91 Å². The second-order valence-electron chi connectivity index (χ2n) is 4.04. The van der Waals surface area contributed by atoms with Crippen molar-refractivity contribution in [2.75, 3.05) is 24.3 Å². The van der Waals surface area contributed by atoms with E-state index in [4.69, 9.17) is 10.5 Å². The van der Waals surface area contributed by atoms with Crippen molar-refractivity contribution in [1.29, 1.82) is 0 Å². The third kappa shape index (κ3) is 4.31. The fourth-order valence-electron chi connectivity index (χ4n) is 1.18. The van der Waals surface area contributed by atoms with Crippen LogP contribution in [-0.2, 0) is 9.53 Å². The third-order valence-corrected chi connectivity index (χ3v) is 1.92. The molecule has 0 radical (unpaired) electrons. The van der Waals surface area contributed by atoms with Crippen molar-refractivity contribution in [2.45, 2.75) is 13.8 Å². The number of nitrogens with one attached hydrogen (secondary N) is 1. The van der Waals surface area contributed by atoms with Crippen LogP contribution in [0.4, 0.5) is 11.4 Å². The predicted molar refractivity (Wildman–Crippen MR) is 65.1 cm³/mol. The second-order valence-corrected chi connectivity index (χ2v) is 4.04. The average Bonchev–Trinajstić information content (AvgIpc) is 2.21. The first-order valence-electron chi connectivity index (χ1n) is 5.31. The van der Waals surface area contributed by atoms with E-state index < -0.39 is 0 Å². The number of hydrogen-bond donors (Lipinski definition) is 2. The van der Waals surface area contributed by atoms with Crippen molar-refractivity contribution >= 4 is 17.3 Å². The topological polar surface area (TPSA) is 64.3 Å². The molecule has 0 saturated heterocycles. The smallest absolute Gasteiger partial charge is 0.250 e. The highest BCUT2D eigenvalue weighted by molar-refractivity contribution is 5.94. The highest BCUT2D eigenvalue weighted by Gasteiger charge is 2.05. The van der Waals surface area contributed by atoms with Gasteiger partial charge in [-0.2, -0.15) is 0 Å². The van der Waals surface area contributed by atoms with Crippen LogP contribution in [-0.4, -0.2) is 19.1 Å². The second kappa shape index (κ2) is 6.12. The number of carbonyl (C=O) groups is 1. The van der Waals surface area contributed by atoms with E-state index in [0.717, 1.165) is 0 Å². The SMILES string of the molecule is CC(C)COCC(=O)Nc1ccccc1N. The van der Waals surface area contributed by atoms with Crippen molar-refractivity contribution < 1.29 is 9.53 Å². The molecule has 0 atom stereocenters. The van der Waals surface area contributed by atoms with E-state index in [1.54, 1.807) is 12.1 Å². The Balaban J connectivity index is 2.37. The molecule has 0 aromatic heterocycles. The fourth-order valence-corrected chi connectivity index (χ4v) is 1.18. The van der Waals surface area contributed by atoms with E-state index >= 15 is 0 Å². The molecular weight excluding hydrogens is 204 g/mol. The molecule has 1 aromatic carbocycles. The lowest BCUT2D eigenvalue weighted by atomic mass is 10.2. The zero-order valence-corrected chi connectivity index (χ0v) is 9.69. The Morgan fingerprint density at radius 1 is 1.44 bits per heavy atom. The van der Waals surface area contributed by atoms with Crippen molar-refractivity contribution in [3.63, 3.8) is 0 Å². The summed E-state index contributed by atoms with van der Waals surface area (Å²) in [7, 11) is 0. The minimum absolute atomic E-state index is 0.0620. The molecule has 0 unspecified atom stereocenters. The highest BCUT2D eigenvalue weighted by Crippen LogP contribution is 2.16. The summed E-state index contributed by atoms with van der Waals surface area (Å²) >= 11 is 0. The molecule has 0 heterocycles. The minimum Gasteiger partial charge on any atom is -0.397 e. The zero-order chi connectivity index (χ0) is 12.0. The lowest BCUT2D eigenvalue weighted by molar-refractivity contribution is -0.120. The molecule has 0 aliphatic rings. The summed E-state index contributed by atoms with van der Waals surface area (Å²) in [6.45, 7) is 4.71. The Kier molecular flexibility index (Phi) is 4.79. The molecule has 1 aromatic rings. The highest BCUT2D eigenvalue weighted by atomic mass is 16.5. The largest absolute Gasteiger partial charge is 0.397 e. The van der Waals surface area contributed by atoms with Crippen LogP contribution in [0.3, 0.4) is 0 Å². The maximum atomic E-state index is 11.5. The summed E-state index contributed by atoms with van der Waals surface area (Å²) in [5.41, 5.74) is 6.87. The first-order chi connectivity index (χ1) is 7.59. The first-order valence-corrected chi connectivity index (χ1v) is 5.31. The Morgan fingerprint density at radius 3 is 2.75 bits per heavy atom. The molecule has 0 spiro atoms. The van der Waals surface area contributed by atoms with Gasteiger partial charge in [0.1, 0.15) is 6.61 Å².